The van der Waals surface area contributed by atoms with Crippen molar-refractivity contribution in [1.82, 2.24) is 25.6 Å². The Morgan fingerprint density at radius 1 is 1.32 bits per heavy atom. The zero-order valence-corrected chi connectivity index (χ0v) is 13.3. The molecule has 0 unspecified atom stereocenters. The van der Waals surface area contributed by atoms with Gasteiger partial charge in [-0.05, 0) is 51.1 Å². The fourth-order valence-electron chi connectivity index (χ4n) is 3.99. The molecule has 1 amide bonds. The molecule has 0 spiro atoms. The van der Waals surface area contributed by atoms with Crippen molar-refractivity contribution in [3.63, 3.8) is 0 Å². The first-order valence-corrected chi connectivity index (χ1v) is 8.68. The van der Waals surface area contributed by atoms with Crippen molar-refractivity contribution in [3.8, 4) is 0 Å². The molecule has 22 heavy (non-hydrogen) atoms. The molecule has 1 aromatic heterocycles. The number of nitrogens with zero attached hydrogens (tertiary/aromatic N) is 3. The number of piperidine rings is 2. The van der Waals surface area contributed by atoms with E-state index in [-0.39, 0.29) is 5.91 Å². The highest BCUT2D eigenvalue weighted by Gasteiger charge is 2.32. The van der Waals surface area contributed by atoms with Crippen molar-refractivity contribution in [2.45, 2.75) is 57.4 Å². The van der Waals surface area contributed by atoms with Gasteiger partial charge in [-0.15, -0.1) is 0 Å². The van der Waals surface area contributed by atoms with Gasteiger partial charge < -0.3 is 10.2 Å². The van der Waals surface area contributed by atoms with E-state index in [1.165, 1.54) is 45.2 Å². The molecule has 6 nitrogen and oxygen atoms in total. The first-order valence-electron chi connectivity index (χ1n) is 8.68. The third kappa shape index (κ3) is 4.06. The highest BCUT2D eigenvalue weighted by Crippen LogP contribution is 2.33. The van der Waals surface area contributed by atoms with Crippen molar-refractivity contribution in [2.24, 2.45) is 5.92 Å². The third-order valence-corrected chi connectivity index (χ3v) is 5.14. The van der Waals surface area contributed by atoms with E-state index in [9.17, 15) is 4.79 Å². The van der Waals surface area contributed by atoms with Gasteiger partial charge in [-0.25, -0.2) is 0 Å². The number of rotatable bonds is 6. The second-order valence-electron chi connectivity index (χ2n) is 6.60. The molecule has 0 aliphatic carbocycles. The molecule has 0 radical (unpaired) electrons. The van der Waals surface area contributed by atoms with Crippen LogP contribution in [0.3, 0.4) is 0 Å². The molecular formula is C16H27N5O. The van der Waals surface area contributed by atoms with E-state index in [4.69, 9.17) is 0 Å². The van der Waals surface area contributed by atoms with Gasteiger partial charge in [0.2, 0.25) is 5.91 Å². The summed E-state index contributed by atoms with van der Waals surface area (Å²) in [6.07, 6.45) is 10.8. The number of nitrogens with one attached hydrogen (secondary N) is 2. The minimum atomic E-state index is 0.177. The average molecular weight is 305 g/mol. The van der Waals surface area contributed by atoms with E-state index < -0.39 is 0 Å². The van der Waals surface area contributed by atoms with E-state index in [0.29, 0.717) is 13.0 Å². The summed E-state index contributed by atoms with van der Waals surface area (Å²) < 4.78 is 0. The lowest BCUT2D eigenvalue weighted by Gasteiger charge is -2.44. The summed E-state index contributed by atoms with van der Waals surface area (Å²) in [5, 5.41) is 13.3. The minimum Gasteiger partial charge on any atom is -0.356 e. The number of hydrogen-bond acceptors (Lipinski definition) is 4. The highest BCUT2D eigenvalue weighted by molar-refractivity contribution is 5.75. The largest absolute Gasteiger partial charge is 0.356 e. The van der Waals surface area contributed by atoms with Crippen molar-refractivity contribution in [3.05, 3.63) is 11.9 Å². The van der Waals surface area contributed by atoms with E-state index in [1.54, 1.807) is 6.20 Å². The molecular weight excluding hydrogens is 278 g/mol. The second-order valence-corrected chi connectivity index (χ2v) is 6.60. The van der Waals surface area contributed by atoms with Gasteiger partial charge in [0.1, 0.15) is 0 Å². The molecule has 1 aromatic rings. The predicted molar refractivity (Wildman–Crippen MR) is 84.3 cm³/mol. The number of carbonyl (C=O) groups is 1. The standard InChI is InChI=1S/C16H27N5O/c22-16(17-9-8-14-12-18-20-19-14)7-6-13-4-3-11-21-10-2-1-5-15(13)21/h12-13,15H,1-11H2,(H,17,22)(H,18,19,20)/t13-,15+/m0/s1. The van der Waals surface area contributed by atoms with Gasteiger partial charge in [-0.2, -0.15) is 15.4 Å². The lowest BCUT2D eigenvalue weighted by molar-refractivity contribution is -0.121. The molecule has 2 aliphatic rings. The molecule has 2 saturated heterocycles. The predicted octanol–water partition coefficient (Wildman–Crippen LogP) is 1.51. The molecule has 2 atom stereocenters. The summed E-state index contributed by atoms with van der Waals surface area (Å²) >= 11 is 0. The van der Waals surface area contributed by atoms with Crippen LogP contribution in [0.5, 0.6) is 0 Å². The Kier molecular flexibility index (Phi) is 5.43. The quantitative estimate of drug-likeness (QED) is 0.835. The van der Waals surface area contributed by atoms with Crippen molar-refractivity contribution in [1.29, 1.82) is 0 Å². The Hall–Kier alpha value is -1.43. The third-order valence-electron chi connectivity index (χ3n) is 5.14. The number of aromatic nitrogens is 3. The number of carbonyl (C=O) groups excluding carboxylic acids is 1. The summed E-state index contributed by atoms with van der Waals surface area (Å²) in [5.74, 6) is 0.895. The van der Waals surface area contributed by atoms with Crippen molar-refractivity contribution < 1.29 is 4.79 Å². The summed E-state index contributed by atoms with van der Waals surface area (Å²) in [5.41, 5.74) is 0.894. The van der Waals surface area contributed by atoms with Gasteiger partial charge >= 0.3 is 0 Å². The van der Waals surface area contributed by atoms with Crippen LogP contribution in [0.2, 0.25) is 0 Å². The van der Waals surface area contributed by atoms with Gasteiger partial charge in [0.05, 0.1) is 11.9 Å². The van der Waals surface area contributed by atoms with Crippen molar-refractivity contribution in [2.75, 3.05) is 19.6 Å². The van der Waals surface area contributed by atoms with Crippen LogP contribution in [-0.4, -0.2) is 51.9 Å². The average Bonchev–Trinajstić information content (AvgIpc) is 3.06. The Bertz CT molecular complexity index is 459. The van der Waals surface area contributed by atoms with Gasteiger partial charge in [0, 0.05) is 25.4 Å². The van der Waals surface area contributed by atoms with Crippen LogP contribution in [-0.2, 0) is 11.2 Å². The van der Waals surface area contributed by atoms with Crippen LogP contribution in [0.1, 0.15) is 50.6 Å². The summed E-state index contributed by atoms with van der Waals surface area (Å²) in [4.78, 5) is 14.7. The molecule has 3 rings (SSSR count). The Morgan fingerprint density at radius 2 is 2.23 bits per heavy atom. The van der Waals surface area contributed by atoms with Crippen LogP contribution in [0.15, 0.2) is 6.20 Å². The molecule has 122 valence electrons. The number of amides is 1. The molecule has 6 heteroatoms. The van der Waals surface area contributed by atoms with Crippen molar-refractivity contribution >= 4 is 5.91 Å². The number of H-pyrrole nitrogens is 1. The second kappa shape index (κ2) is 7.72. The summed E-state index contributed by atoms with van der Waals surface area (Å²) in [7, 11) is 0. The summed E-state index contributed by atoms with van der Waals surface area (Å²) in [6, 6.07) is 0.741. The maximum Gasteiger partial charge on any atom is 0.220 e. The van der Waals surface area contributed by atoms with Crippen LogP contribution in [0.25, 0.3) is 0 Å². The minimum absolute atomic E-state index is 0.177. The van der Waals surface area contributed by atoms with Gasteiger partial charge in [-0.1, -0.05) is 6.42 Å². The molecule has 0 bridgehead atoms. The fraction of sp³-hybridized carbons (Fsp3) is 0.812. The van der Waals surface area contributed by atoms with E-state index >= 15 is 0 Å². The molecule has 3 heterocycles. The Balaban J connectivity index is 1.36. The number of hydrogen-bond donors (Lipinski definition) is 2. The van der Waals surface area contributed by atoms with Gasteiger partial charge in [-0.3, -0.25) is 4.79 Å². The lowest BCUT2D eigenvalue weighted by Crippen LogP contribution is -2.48. The van der Waals surface area contributed by atoms with Gasteiger partial charge in [0.15, 0.2) is 0 Å². The molecule has 0 saturated carbocycles. The fourth-order valence-corrected chi connectivity index (χ4v) is 3.99. The van der Waals surface area contributed by atoms with Crippen LogP contribution in [0.4, 0.5) is 0 Å². The first kappa shape index (κ1) is 15.5. The maximum absolute atomic E-state index is 12.0. The smallest absolute Gasteiger partial charge is 0.220 e. The molecule has 2 aliphatic heterocycles. The van der Waals surface area contributed by atoms with Gasteiger partial charge in [0.25, 0.3) is 0 Å². The van der Waals surface area contributed by atoms with E-state index in [2.05, 4.69) is 25.6 Å². The van der Waals surface area contributed by atoms with Crippen LogP contribution < -0.4 is 5.32 Å². The topological polar surface area (TPSA) is 73.9 Å². The molecule has 2 N–H and O–H groups in total. The Morgan fingerprint density at radius 3 is 3.09 bits per heavy atom. The van der Waals surface area contributed by atoms with E-state index in [0.717, 1.165) is 30.5 Å². The number of fused-ring (bicyclic) bond motifs is 1. The lowest BCUT2D eigenvalue weighted by atomic mass is 9.81. The molecule has 2 fully saturated rings. The molecule has 0 aromatic carbocycles. The number of aromatic amines is 1. The zero-order valence-electron chi connectivity index (χ0n) is 13.3. The first-order chi connectivity index (χ1) is 10.8. The van der Waals surface area contributed by atoms with Crippen LogP contribution >= 0.6 is 0 Å². The maximum atomic E-state index is 12.0. The van der Waals surface area contributed by atoms with E-state index in [1.807, 2.05) is 0 Å². The normalized spacial score (nSPS) is 25.6. The van der Waals surface area contributed by atoms with Crippen LogP contribution in [0, 0.1) is 5.92 Å². The summed E-state index contributed by atoms with van der Waals surface area (Å²) in [6.45, 7) is 3.18. The Labute approximate surface area is 132 Å². The highest BCUT2D eigenvalue weighted by atomic mass is 16.1. The monoisotopic (exact) mass is 305 g/mol. The zero-order chi connectivity index (χ0) is 15.2. The SMILES string of the molecule is O=C(CC[C@@H]1CCCN2CCCC[C@H]12)NCCc1cn[nH]n1.